The SMILES string of the molecule is [C-]#[N+]c1cc(-n2c(C)cc(OCc3ncc(C)cc3F)cc2=O)c(C)cn1. The Hall–Kier alpha value is -3.53. The second-order valence-corrected chi connectivity index (χ2v) is 6.18. The number of ether oxygens (including phenoxy) is 1. The van der Waals surface area contributed by atoms with Crippen LogP contribution in [-0.4, -0.2) is 14.5 Å². The predicted molar refractivity (Wildman–Crippen MR) is 98.8 cm³/mol. The van der Waals surface area contributed by atoms with E-state index in [4.69, 9.17) is 11.3 Å². The van der Waals surface area contributed by atoms with Crippen molar-refractivity contribution in [2.45, 2.75) is 27.4 Å². The summed E-state index contributed by atoms with van der Waals surface area (Å²) in [6.07, 6.45) is 3.12. The molecule has 0 aliphatic carbocycles. The fourth-order valence-electron chi connectivity index (χ4n) is 2.69. The van der Waals surface area contributed by atoms with Crippen molar-refractivity contribution >= 4 is 5.82 Å². The Morgan fingerprint density at radius 2 is 1.93 bits per heavy atom. The molecule has 0 amide bonds. The highest BCUT2D eigenvalue weighted by molar-refractivity contribution is 5.51. The summed E-state index contributed by atoms with van der Waals surface area (Å²) >= 11 is 0. The first-order chi connectivity index (χ1) is 12.9. The largest absolute Gasteiger partial charge is 0.487 e. The van der Waals surface area contributed by atoms with E-state index in [9.17, 15) is 9.18 Å². The number of halogens is 1. The third-order valence-corrected chi connectivity index (χ3v) is 4.04. The molecular formula is C20H17FN4O2. The third-order valence-electron chi connectivity index (χ3n) is 4.04. The molecule has 0 unspecified atom stereocenters. The van der Waals surface area contributed by atoms with Gasteiger partial charge in [0.15, 0.2) is 0 Å². The van der Waals surface area contributed by atoms with Gasteiger partial charge in [-0.05, 0) is 38.5 Å². The van der Waals surface area contributed by atoms with Crippen molar-refractivity contribution in [1.29, 1.82) is 0 Å². The van der Waals surface area contributed by atoms with Crippen LogP contribution in [0.3, 0.4) is 0 Å². The standard InChI is InChI=1S/C20H17FN4O2/c1-12-5-16(21)17(23-9-12)11-27-15-6-14(3)25(20(26)7-15)18-8-19(22-4)24-10-13(18)2/h5-10H,11H2,1-3H3. The second-order valence-electron chi connectivity index (χ2n) is 6.18. The van der Waals surface area contributed by atoms with Gasteiger partial charge in [-0.25, -0.2) is 4.39 Å². The van der Waals surface area contributed by atoms with Crippen LogP contribution in [0.15, 0.2) is 41.5 Å². The van der Waals surface area contributed by atoms with Gasteiger partial charge < -0.3 is 9.58 Å². The average Bonchev–Trinajstić information content (AvgIpc) is 2.62. The fourth-order valence-corrected chi connectivity index (χ4v) is 2.69. The zero-order valence-corrected chi connectivity index (χ0v) is 15.2. The molecule has 0 radical (unpaired) electrons. The molecule has 0 aromatic carbocycles. The maximum Gasteiger partial charge on any atom is 0.271 e. The number of pyridine rings is 3. The smallest absolute Gasteiger partial charge is 0.271 e. The Balaban J connectivity index is 1.92. The minimum absolute atomic E-state index is 0.0782. The molecule has 3 heterocycles. The van der Waals surface area contributed by atoms with Crippen LogP contribution < -0.4 is 10.3 Å². The van der Waals surface area contributed by atoms with E-state index in [1.165, 1.54) is 16.7 Å². The average molecular weight is 364 g/mol. The summed E-state index contributed by atoms with van der Waals surface area (Å²) in [5.74, 6) is 0.0925. The van der Waals surface area contributed by atoms with Gasteiger partial charge in [0.25, 0.3) is 11.4 Å². The maximum absolute atomic E-state index is 13.9. The highest BCUT2D eigenvalue weighted by Crippen LogP contribution is 2.21. The van der Waals surface area contributed by atoms with E-state index >= 15 is 0 Å². The van der Waals surface area contributed by atoms with Gasteiger partial charge in [0.05, 0.1) is 0 Å². The van der Waals surface area contributed by atoms with Gasteiger partial charge in [0, 0.05) is 35.3 Å². The van der Waals surface area contributed by atoms with Crippen LogP contribution in [0.25, 0.3) is 10.5 Å². The van der Waals surface area contributed by atoms with E-state index in [1.807, 2.05) is 6.92 Å². The van der Waals surface area contributed by atoms with Crippen molar-refractivity contribution in [3.05, 3.63) is 86.8 Å². The van der Waals surface area contributed by atoms with E-state index in [1.54, 1.807) is 38.4 Å². The fraction of sp³-hybridized carbons (Fsp3) is 0.200. The zero-order valence-electron chi connectivity index (χ0n) is 15.2. The summed E-state index contributed by atoms with van der Waals surface area (Å²) in [5.41, 5.74) is 2.58. The van der Waals surface area contributed by atoms with Gasteiger partial charge in [-0.1, -0.05) is 6.57 Å². The molecule has 0 aliphatic rings. The van der Waals surface area contributed by atoms with Crippen LogP contribution in [-0.2, 0) is 6.61 Å². The highest BCUT2D eigenvalue weighted by Gasteiger charge is 2.12. The molecule has 0 aliphatic heterocycles. The normalized spacial score (nSPS) is 10.5. The Bertz CT molecular complexity index is 1120. The van der Waals surface area contributed by atoms with E-state index in [2.05, 4.69) is 14.8 Å². The molecule has 0 bridgehead atoms. The lowest BCUT2D eigenvalue weighted by atomic mass is 10.2. The van der Waals surface area contributed by atoms with Crippen molar-refractivity contribution in [2.24, 2.45) is 0 Å². The quantitative estimate of drug-likeness (QED) is 0.660. The van der Waals surface area contributed by atoms with Crippen LogP contribution in [0.4, 0.5) is 10.2 Å². The first kappa shape index (κ1) is 18.3. The minimum atomic E-state index is -0.445. The molecule has 0 N–H and O–H groups in total. The maximum atomic E-state index is 13.9. The van der Waals surface area contributed by atoms with Crippen molar-refractivity contribution in [2.75, 3.05) is 0 Å². The lowest BCUT2D eigenvalue weighted by Gasteiger charge is -2.14. The van der Waals surface area contributed by atoms with E-state index in [-0.39, 0.29) is 23.7 Å². The topological polar surface area (TPSA) is 61.4 Å². The number of hydrogen-bond acceptors (Lipinski definition) is 4. The third kappa shape index (κ3) is 3.85. The van der Waals surface area contributed by atoms with Gasteiger partial charge in [0.2, 0.25) is 0 Å². The van der Waals surface area contributed by atoms with E-state index in [0.29, 0.717) is 17.1 Å². The number of nitrogens with zero attached hydrogens (tertiary/aromatic N) is 4. The summed E-state index contributed by atoms with van der Waals surface area (Å²) in [6, 6.07) is 5.97. The summed E-state index contributed by atoms with van der Waals surface area (Å²) in [5, 5.41) is 0. The molecular weight excluding hydrogens is 347 g/mol. The highest BCUT2D eigenvalue weighted by atomic mass is 19.1. The molecule has 0 spiro atoms. The summed E-state index contributed by atoms with van der Waals surface area (Å²) in [7, 11) is 0. The van der Waals surface area contributed by atoms with Gasteiger partial charge >= 0.3 is 0 Å². The monoisotopic (exact) mass is 364 g/mol. The zero-order chi connectivity index (χ0) is 19.6. The molecule has 0 atom stereocenters. The van der Waals surface area contributed by atoms with Crippen LogP contribution in [0.5, 0.6) is 5.75 Å². The van der Waals surface area contributed by atoms with Gasteiger partial charge in [-0.3, -0.25) is 14.3 Å². The van der Waals surface area contributed by atoms with Crippen molar-refractivity contribution in [3.63, 3.8) is 0 Å². The van der Waals surface area contributed by atoms with Crippen LogP contribution in [0.1, 0.15) is 22.5 Å². The summed E-state index contributed by atoms with van der Waals surface area (Å²) in [4.78, 5) is 24.0. The Morgan fingerprint density at radius 1 is 1.15 bits per heavy atom. The number of aromatic nitrogens is 3. The summed E-state index contributed by atoms with van der Waals surface area (Å²) < 4.78 is 20.9. The van der Waals surface area contributed by atoms with E-state index < -0.39 is 5.82 Å². The Kier molecular flexibility index (Phi) is 4.99. The van der Waals surface area contributed by atoms with E-state index in [0.717, 1.165) is 11.1 Å². The first-order valence-electron chi connectivity index (χ1n) is 8.21. The molecule has 3 aromatic rings. The first-order valence-corrected chi connectivity index (χ1v) is 8.21. The lowest BCUT2D eigenvalue weighted by molar-refractivity contribution is 0.293. The van der Waals surface area contributed by atoms with Gasteiger partial charge in [-0.2, -0.15) is 0 Å². The molecule has 0 fully saturated rings. The Labute approximate surface area is 155 Å². The van der Waals surface area contributed by atoms with Crippen LogP contribution in [0.2, 0.25) is 0 Å². The molecule has 6 nitrogen and oxygen atoms in total. The molecule has 7 heteroatoms. The van der Waals surface area contributed by atoms with Crippen molar-refractivity contribution in [1.82, 2.24) is 14.5 Å². The molecule has 3 aromatic heterocycles. The van der Waals surface area contributed by atoms with Gasteiger partial charge in [0.1, 0.15) is 30.1 Å². The Morgan fingerprint density at radius 3 is 2.59 bits per heavy atom. The van der Waals surface area contributed by atoms with Crippen molar-refractivity contribution < 1.29 is 9.13 Å². The van der Waals surface area contributed by atoms with Crippen molar-refractivity contribution in [3.8, 4) is 11.4 Å². The van der Waals surface area contributed by atoms with Crippen LogP contribution >= 0.6 is 0 Å². The van der Waals surface area contributed by atoms with Crippen LogP contribution in [0, 0.1) is 33.2 Å². The number of aryl methyl sites for hydroxylation is 3. The molecule has 3 rings (SSSR count). The number of rotatable bonds is 4. The number of hydrogen-bond donors (Lipinski definition) is 0. The molecule has 136 valence electrons. The lowest BCUT2D eigenvalue weighted by Crippen LogP contribution is -2.21. The summed E-state index contributed by atoms with van der Waals surface area (Å²) in [6.45, 7) is 12.4. The predicted octanol–water partition coefficient (Wildman–Crippen LogP) is 3.82. The van der Waals surface area contributed by atoms with Gasteiger partial charge in [-0.15, -0.1) is 4.98 Å². The minimum Gasteiger partial charge on any atom is -0.487 e. The second kappa shape index (κ2) is 7.38. The molecule has 27 heavy (non-hydrogen) atoms. The molecule has 0 saturated carbocycles. The molecule has 0 saturated heterocycles.